The van der Waals surface area contributed by atoms with Gasteiger partial charge < -0.3 is 9.84 Å². The summed E-state index contributed by atoms with van der Waals surface area (Å²) in [7, 11) is 0. The summed E-state index contributed by atoms with van der Waals surface area (Å²) in [5.74, 6) is -0.366. The van der Waals surface area contributed by atoms with E-state index in [0.29, 0.717) is 16.3 Å². The van der Waals surface area contributed by atoms with Crippen molar-refractivity contribution >= 4 is 23.1 Å². The lowest BCUT2D eigenvalue weighted by Gasteiger charge is -2.12. The standard InChI is InChI=1S/C13H15ClO3/c1-8(2)17-12-5-4-10(7-11(12)14)9(3)6-13(15)16/h4-8H,1-3H3,(H,15,16)/b9-6+. The molecule has 3 nitrogen and oxygen atoms in total. The third kappa shape index (κ3) is 4.11. The molecule has 1 N–H and O–H groups in total. The highest BCUT2D eigenvalue weighted by Crippen LogP contribution is 2.28. The minimum Gasteiger partial charge on any atom is -0.489 e. The molecule has 0 radical (unpaired) electrons. The van der Waals surface area contributed by atoms with Crippen molar-refractivity contribution < 1.29 is 14.6 Å². The highest BCUT2D eigenvalue weighted by atomic mass is 35.5. The zero-order chi connectivity index (χ0) is 13.0. The Morgan fingerprint density at radius 3 is 2.59 bits per heavy atom. The number of allylic oxidation sites excluding steroid dienone is 1. The quantitative estimate of drug-likeness (QED) is 0.835. The molecule has 0 aromatic heterocycles. The lowest BCUT2D eigenvalue weighted by atomic mass is 10.1. The van der Waals surface area contributed by atoms with Gasteiger partial charge in [-0.2, -0.15) is 0 Å². The van der Waals surface area contributed by atoms with E-state index in [1.165, 1.54) is 0 Å². The van der Waals surface area contributed by atoms with E-state index in [0.717, 1.165) is 11.6 Å². The average molecular weight is 255 g/mol. The molecule has 0 saturated carbocycles. The highest BCUT2D eigenvalue weighted by molar-refractivity contribution is 6.32. The molecular weight excluding hydrogens is 240 g/mol. The van der Waals surface area contributed by atoms with Crippen molar-refractivity contribution in [3.05, 3.63) is 34.9 Å². The van der Waals surface area contributed by atoms with Crippen LogP contribution in [-0.2, 0) is 4.79 Å². The van der Waals surface area contributed by atoms with Gasteiger partial charge in [0.1, 0.15) is 5.75 Å². The second-order valence-corrected chi connectivity index (χ2v) is 4.38. The third-order valence-electron chi connectivity index (χ3n) is 2.09. The fourth-order valence-corrected chi connectivity index (χ4v) is 1.59. The average Bonchev–Trinajstić information content (AvgIpc) is 2.19. The number of aliphatic carboxylic acids is 1. The summed E-state index contributed by atoms with van der Waals surface area (Å²) in [4.78, 5) is 10.5. The van der Waals surface area contributed by atoms with Crippen LogP contribution in [0.2, 0.25) is 5.02 Å². The Balaban J connectivity index is 3.00. The van der Waals surface area contributed by atoms with Crippen LogP contribution in [-0.4, -0.2) is 17.2 Å². The van der Waals surface area contributed by atoms with Gasteiger partial charge in [0.05, 0.1) is 11.1 Å². The van der Waals surface area contributed by atoms with Gasteiger partial charge in [-0.1, -0.05) is 17.7 Å². The van der Waals surface area contributed by atoms with Crippen molar-refractivity contribution in [2.45, 2.75) is 26.9 Å². The summed E-state index contributed by atoms with van der Waals surface area (Å²) >= 11 is 6.05. The number of ether oxygens (including phenoxy) is 1. The topological polar surface area (TPSA) is 46.5 Å². The summed E-state index contributed by atoms with van der Waals surface area (Å²) < 4.78 is 5.49. The largest absolute Gasteiger partial charge is 0.489 e. The molecule has 0 amide bonds. The van der Waals surface area contributed by atoms with E-state index in [4.69, 9.17) is 21.4 Å². The Bertz CT molecular complexity index is 450. The maximum Gasteiger partial charge on any atom is 0.328 e. The van der Waals surface area contributed by atoms with Crippen LogP contribution in [0.15, 0.2) is 24.3 Å². The van der Waals surface area contributed by atoms with Crippen molar-refractivity contribution in [3.8, 4) is 5.75 Å². The first-order valence-electron chi connectivity index (χ1n) is 5.28. The molecule has 1 aromatic rings. The van der Waals surface area contributed by atoms with Crippen molar-refractivity contribution in [1.29, 1.82) is 0 Å². The van der Waals surface area contributed by atoms with Crippen molar-refractivity contribution in [3.63, 3.8) is 0 Å². The minimum absolute atomic E-state index is 0.0500. The van der Waals surface area contributed by atoms with Crippen molar-refractivity contribution in [1.82, 2.24) is 0 Å². The first-order chi connectivity index (χ1) is 7.90. The molecule has 92 valence electrons. The van der Waals surface area contributed by atoms with Gasteiger partial charge in [-0.15, -0.1) is 0 Å². The van der Waals surface area contributed by atoms with Gasteiger partial charge in [0.25, 0.3) is 0 Å². The molecule has 0 aliphatic heterocycles. The zero-order valence-electron chi connectivity index (χ0n) is 10.0. The van der Waals surface area contributed by atoms with Gasteiger partial charge in [0.15, 0.2) is 0 Å². The van der Waals surface area contributed by atoms with Crippen LogP contribution in [0, 0.1) is 0 Å². The van der Waals surface area contributed by atoms with Gasteiger partial charge >= 0.3 is 5.97 Å². The number of rotatable bonds is 4. The van der Waals surface area contributed by atoms with E-state index in [-0.39, 0.29) is 6.10 Å². The number of hydrogen-bond donors (Lipinski definition) is 1. The number of hydrogen-bond acceptors (Lipinski definition) is 2. The number of benzene rings is 1. The summed E-state index contributed by atoms with van der Waals surface area (Å²) in [6.07, 6.45) is 1.20. The zero-order valence-corrected chi connectivity index (χ0v) is 10.8. The molecule has 4 heteroatoms. The second-order valence-electron chi connectivity index (χ2n) is 3.98. The Labute approximate surface area is 106 Å². The first-order valence-corrected chi connectivity index (χ1v) is 5.65. The van der Waals surface area contributed by atoms with Crippen LogP contribution in [0.1, 0.15) is 26.3 Å². The minimum atomic E-state index is -0.971. The summed E-state index contributed by atoms with van der Waals surface area (Å²) in [6, 6.07) is 5.24. The molecule has 0 fully saturated rings. The summed E-state index contributed by atoms with van der Waals surface area (Å²) in [6.45, 7) is 5.56. The third-order valence-corrected chi connectivity index (χ3v) is 2.39. The predicted octanol–water partition coefficient (Wildman–Crippen LogP) is 3.62. The molecule has 0 saturated heterocycles. The normalized spacial score (nSPS) is 11.7. The maximum atomic E-state index is 10.5. The van der Waals surface area contributed by atoms with E-state index in [2.05, 4.69) is 0 Å². The van der Waals surface area contributed by atoms with Crippen molar-refractivity contribution in [2.75, 3.05) is 0 Å². The molecule has 0 heterocycles. The van der Waals surface area contributed by atoms with Crippen LogP contribution in [0.5, 0.6) is 5.75 Å². The van der Waals surface area contributed by atoms with Crippen LogP contribution in [0.4, 0.5) is 0 Å². The van der Waals surface area contributed by atoms with Crippen LogP contribution in [0.3, 0.4) is 0 Å². The van der Waals surface area contributed by atoms with Gasteiger partial charge in [0, 0.05) is 6.08 Å². The smallest absolute Gasteiger partial charge is 0.328 e. The molecule has 1 rings (SSSR count). The number of carboxylic acid groups (broad SMARTS) is 1. The van der Waals surface area contributed by atoms with E-state index in [1.54, 1.807) is 25.1 Å². The molecule has 1 aromatic carbocycles. The van der Waals surface area contributed by atoms with Gasteiger partial charge in [0.2, 0.25) is 0 Å². The van der Waals surface area contributed by atoms with Gasteiger partial charge in [-0.05, 0) is 44.0 Å². The summed E-state index contributed by atoms with van der Waals surface area (Å²) in [5, 5.41) is 9.13. The van der Waals surface area contributed by atoms with E-state index in [9.17, 15) is 4.79 Å². The Kier molecular flexibility index (Phi) is 4.58. The highest BCUT2D eigenvalue weighted by Gasteiger charge is 2.06. The van der Waals surface area contributed by atoms with Gasteiger partial charge in [-0.25, -0.2) is 4.79 Å². The predicted molar refractivity (Wildman–Crippen MR) is 68.5 cm³/mol. The molecule has 0 aliphatic carbocycles. The Morgan fingerprint density at radius 2 is 2.12 bits per heavy atom. The van der Waals surface area contributed by atoms with E-state index >= 15 is 0 Å². The number of halogens is 1. The number of carbonyl (C=O) groups is 1. The Morgan fingerprint density at radius 1 is 1.47 bits per heavy atom. The van der Waals surface area contributed by atoms with E-state index < -0.39 is 5.97 Å². The SMILES string of the molecule is C/C(=C\C(=O)O)c1ccc(OC(C)C)c(Cl)c1. The molecule has 0 aliphatic rings. The van der Waals surface area contributed by atoms with Crippen molar-refractivity contribution in [2.24, 2.45) is 0 Å². The Hall–Kier alpha value is -1.48. The van der Waals surface area contributed by atoms with E-state index in [1.807, 2.05) is 13.8 Å². The molecule has 17 heavy (non-hydrogen) atoms. The molecule has 0 unspecified atom stereocenters. The van der Waals surface area contributed by atoms with Crippen LogP contribution < -0.4 is 4.74 Å². The lowest BCUT2D eigenvalue weighted by Crippen LogP contribution is -2.05. The second kappa shape index (κ2) is 5.73. The fourth-order valence-electron chi connectivity index (χ4n) is 1.36. The molecular formula is C13H15ClO3. The van der Waals surface area contributed by atoms with Gasteiger partial charge in [-0.3, -0.25) is 0 Å². The molecule has 0 spiro atoms. The first kappa shape index (κ1) is 13.6. The fraction of sp³-hybridized carbons (Fsp3) is 0.308. The monoisotopic (exact) mass is 254 g/mol. The molecule has 0 bridgehead atoms. The number of carboxylic acids is 1. The maximum absolute atomic E-state index is 10.5. The lowest BCUT2D eigenvalue weighted by molar-refractivity contribution is -0.131. The van der Waals surface area contributed by atoms with Crippen LogP contribution >= 0.6 is 11.6 Å². The van der Waals surface area contributed by atoms with Crippen LogP contribution in [0.25, 0.3) is 5.57 Å². The molecule has 0 atom stereocenters. The summed E-state index contributed by atoms with van der Waals surface area (Å²) in [5.41, 5.74) is 1.42.